The number of benzene rings is 2. The Balaban J connectivity index is 2.14. The molecule has 2 rings (SSSR count). The number of amides is 1. The van der Waals surface area contributed by atoms with Crippen LogP contribution in [0.25, 0.3) is 0 Å². The molecule has 26 heavy (non-hydrogen) atoms. The quantitative estimate of drug-likeness (QED) is 0.685. The summed E-state index contributed by atoms with van der Waals surface area (Å²) < 4.78 is 27.8. The lowest BCUT2D eigenvalue weighted by Crippen LogP contribution is -2.24. The Kier molecular flexibility index (Phi) is 6.80. The molecule has 0 spiro atoms. The number of hydrogen-bond acceptors (Lipinski definition) is 3. The Morgan fingerprint density at radius 1 is 1.00 bits per heavy atom. The number of nitrogens with one attached hydrogen (secondary N) is 2. The van der Waals surface area contributed by atoms with Crippen LogP contribution < -0.4 is 10.0 Å². The fraction of sp³-hybridized carbons (Fsp3) is 0.350. The standard InChI is InChI=1S/C20H26N2O3S/c1-4-5-6-12-21-20(23)17-8-7-9-19(14-17)26(24,25)22-18-11-10-15(2)16(3)13-18/h7-11,13-14,22H,4-6,12H2,1-3H3,(H,21,23). The number of carbonyl (C=O) groups is 1. The number of sulfonamides is 1. The van der Waals surface area contributed by atoms with Crippen LogP contribution in [0.15, 0.2) is 47.4 Å². The largest absolute Gasteiger partial charge is 0.352 e. The first-order chi connectivity index (χ1) is 12.3. The lowest BCUT2D eigenvalue weighted by molar-refractivity contribution is 0.0952. The van der Waals surface area contributed by atoms with E-state index in [0.29, 0.717) is 17.8 Å². The van der Waals surface area contributed by atoms with Gasteiger partial charge in [0.05, 0.1) is 4.90 Å². The minimum atomic E-state index is -3.76. The summed E-state index contributed by atoms with van der Waals surface area (Å²) in [6.07, 6.45) is 3.04. The maximum absolute atomic E-state index is 12.6. The smallest absolute Gasteiger partial charge is 0.261 e. The summed E-state index contributed by atoms with van der Waals surface area (Å²) in [5.41, 5.74) is 2.94. The summed E-state index contributed by atoms with van der Waals surface area (Å²) in [5.74, 6) is -0.260. The van der Waals surface area contributed by atoms with Gasteiger partial charge in [0.15, 0.2) is 0 Å². The molecule has 0 fully saturated rings. The SMILES string of the molecule is CCCCCNC(=O)c1cccc(S(=O)(=O)Nc2ccc(C)c(C)c2)c1. The minimum absolute atomic E-state index is 0.0666. The van der Waals surface area contributed by atoms with Crippen molar-refractivity contribution in [1.82, 2.24) is 5.32 Å². The molecule has 5 nitrogen and oxygen atoms in total. The third-order valence-corrected chi connectivity index (χ3v) is 5.61. The van der Waals surface area contributed by atoms with E-state index >= 15 is 0 Å². The summed E-state index contributed by atoms with van der Waals surface area (Å²) in [6.45, 7) is 6.58. The molecule has 0 aromatic heterocycles. The van der Waals surface area contributed by atoms with Crippen molar-refractivity contribution >= 4 is 21.6 Å². The lowest BCUT2D eigenvalue weighted by atomic mass is 10.1. The van der Waals surface area contributed by atoms with Crippen LogP contribution in [-0.2, 0) is 10.0 Å². The molecule has 6 heteroatoms. The van der Waals surface area contributed by atoms with Gasteiger partial charge in [-0.1, -0.05) is 31.9 Å². The monoisotopic (exact) mass is 374 g/mol. The van der Waals surface area contributed by atoms with Crippen molar-refractivity contribution in [2.45, 2.75) is 44.9 Å². The highest BCUT2D eigenvalue weighted by atomic mass is 32.2. The molecule has 2 aromatic carbocycles. The number of unbranched alkanes of at least 4 members (excludes halogenated alkanes) is 2. The molecule has 0 aliphatic rings. The van der Waals surface area contributed by atoms with Crippen LogP contribution in [-0.4, -0.2) is 20.9 Å². The first-order valence-corrected chi connectivity index (χ1v) is 10.3. The molecule has 0 unspecified atom stereocenters. The summed E-state index contributed by atoms with van der Waals surface area (Å²) in [7, 11) is -3.76. The van der Waals surface area contributed by atoms with E-state index in [1.165, 1.54) is 12.1 Å². The molecule has 0 atom stereocenters. The lowest BCUT2D eigenvalue weighted by Gasteiger charge is -2.11. The summed E-state index contributed by atoms with van der Waals surface area (Å²) in [4.78, 5) is 12.3. The van der Waals surface area contributed by atoms with Gasteiger partial charge in [-0.3, -0.25) is 9.52 Å². The molecule has 2 aromatic rings. The molecule has 1 amide bonds. The summed E-state index contributed by atoms with van der Waals surface area (Å²) in [6, 6.07) is 11.5. The van der Waals surface area contributed by atoms with Crippen LogP contribution in [0, 0.1) is 13.8 Å². The van der Waals surface area contributed by atoms with Gasteiger partial charge in [-0.25, -0.2) is 8.42 Å². The summed E-state index contributed by atoms with van der Waals surface area (Å²) >= 11 is 0. The zero-order valence-electron chi connectivity index (χ0n) is 15.5. The first-order valence-electron chi connectivity index (χ1n) is 8.82. The number of carbonyl (C=O) groups excluding carboxylic acids is 1. The second kappa shape index (κ2) is 8.85. The van der Waals surface area contributed by atoms with Crippen molar-refractivity contribution in [1.29, 1.82) is 0 Å². The predicted molar refractivity (Wildman–Crippen MR) is 105 cm³/mol. The van der Waals surface area contributed by atoms with Crippen molar-refractivity contribution < 1.29 is 13.2 Å². The van der Waals surface area contributed by atoms with Gasteiger partial charge in [-0.2, -0.15) is 0 Å². The number of hydrogen-bond donors (Lipinski definition) is 2. The van der Waals surface area contributed by atoms with Gasteiger partial charge in [-0.05, 0) is 61.7 Å². The van der Waals surface area contributed by atoms with Gasteiger partial charge >= 0.3 is 0 Å². The number of rotatable bonds is 8. The number of anilines is 1. The van der Waals surface area contributed by atoms with Gasteiger partial charge in [0.2, 0.25) is 0 Å². The van der Waals surface area contributed by atoms with Crippen molar-refractivity contribution in [3.05, 3.63) is 59.2 Å². The summed E-state index contributed by atoms with van der Waals surface area (Å²) in [5, 5.41) is 2.82. The van der Waals surface area contributed by atoms with E-state index in [4.69, 9.17) is 0 Å². The maximum Gasteiger partial charge on any atom is 0.261 e. The van der Waals surface area contributed by atoms with E-state index in [0.717, 1.165) is 30.4 Å². The third kappa shape index (κ3) is 5.33. The van der Waals surface area contributed by atoms with E-state index in [1.54, 1.807) is 24.3 Å². The Labute approximate surface area is 155 Å². The topological polar surface area (TPSA) is 75.3 Å². The highest BCUT2D eigenvalue weighted by Gasteiger charge is 2.16. The fourth-order valence-corrected chi connectivity index (χ4v) is 3.60. The minimum Gasteiger partial charge on any atom is -0.352 e. The van der Waals surface area contributed by atoms with Gasteiger partial charge in [0.25, 0.3) is 15.9 Å². The molecule has 0 heterocycles. The van der Waals surface area contributed by atoms with E-state index in [1.807, 2.05) is 19.9 Å². The van der Waals surface area contributed by atoms with Crippen molar-refractivity contribution in [3.63, 3.8) is 0 Å². The van der Waals surface area contributed by atoms with Gasteiger partial charge < -0.3 is 5.32 Å². The van der Waals surface area contributed by atoms with E-state index in [2.05, 4.69) is 17.0 Å². The van der Waals surface area contributed by atoms with Crippen LogP contribution in [0.5, 0.6) is 0 Å². The van der Waals surface area contributed by atoms with Crippen LogP contribution in [0.1, 0.15) is 47.7 Å². The molecule has 0 bridgehead atoms. The van der Waals surface area contributed by atoms with Crippen molar-refractivity contribution in [3.8, 4) is 0 Å². The molecule has 0 aliphatic heterocycles. The Morgan fingerprint density at radius 2 is 1.77 bits per heavy atom. The van der Waals surface area contributed by atoms with E-state index in [9.17, 15) is 13.2 Å². The zero-order valence-corrected chi connectivity index (χ0v) is 16.3. The van der Waals surface area contributed by atoms with Crippen LogP contribution in [0.2, 0.25) is 0 Å². The second-order valence-electron chi connectivity index (χ2n) is 6.40. The van der Waals surface area contributed by atoms with Gasteiger partial charge in [0.1, 0.15) is 0 Å². The van der Waals surface area contributed by atoms with Crippen LogP contribution >= 0.6 is 0 Å². The van der Waals surface area contributed by atoms with Gasteiger partial charge in [0, 0.05) is 17.8 Å². The average Bonchev–Trinajstić information content (AvgIpc) is 2.61. The molecule has 2 N–H and O–H groups in total. The first kappa shape index (κ1) is 20.0. The van der Waals surface area contributed by atoms with Crippen molar-refractivity contribution in [2.75, 3.05) is 11.3 Å². The normalized spacial score (nSPS) is 11.2. The van der Waals surface area contributed by atoms with E-state index < -0.39 is 10.0 Å². The molecule has 140 valence electrons. The second-order valence-corrected chi connectivity index (χ2v) is 8.08. The Hall–Kier alpha value is -2.34. The zero-order chi connectivity index (χ0) is 19.2. The Bertz CT molecular complexity index is 876. The molecule has 0 aliphatic carbocycles. The number of aryl methyl sites for hydroxylation is 2. The molecule has 0 saturated heterocycles. The molecular weight excluding hydrogens is 348 g/mol. The fourth-order valence-electron chi connectivity index (χ4n) is 2.50. The average molecular weight is 375 g/mol. The van der Waals surface area contributed by atoms with E-state index in [-0.39, 0.29) is 10.8 Å². The van der Waals surface area contributed by atoms with Crippen LogP contribution in [0.4, 0.5) is 5.69 Å². The van der Waals surface area contributed by atoms with Crippen molar-refractivity contribution in [2.24, 2.45) is 0 Å². The Morgan fingerprint density at radius 3 is 2.46 bits per heavy atom. The maximum atomic E-state index is 12.6. The van der Waals surface area contributed by atoms with Crippen LogP contribution in [0.3, 0.4) is 0 Å². The van der Waals surface area contributed by atoms with Gasteiger partial charge in [-0.15, -0.1) is 0 Å². The predicted octanol–water partition coefficient (Wildman–Crippen LogP) is 4.02. The molecule has 0 radical (unpaired) electrons. The highest BCUT2D eigenvalue weighted by Crippen LogP contribution is 2.19. The molecular formula is C20H26N2O3S. The highest BCUT2D eigenvalue weighted by molar-refractivity contribution is 7.92. The molecule has 0 saturated carbocycles. The third-order valence-electron chi connectivity index (χ3n) is 4.23.